The number of methoxy groups -OCH3 is 1. The molecule has 0 aliphatic heterocycles. The maximum Gasteiger partial charge on any atom is 0.221 e. The van der Waals surface area contributed by atoms with Gasteiger partial charge in [-0.25, -0.2) is 0 Å². The standard InChI is InChI=1S/C17H19NO2S/c1-20-15-7-9-16(10-8-15)21-12-11-17(19)18-13-14-5-3-2-4-6-14/h2-10H,11-13H2,1H3,(H,18,19). The first-order valence-corrected chi connectivity index (χ1v) is 7.84. The molecule has 0 atom stereocenters. The van der Waals surface area contributed by atoms with Crippen LogP contribution in [0.15, 0.2) is 59.5 Å². The summed E-state index contributed by atoms with van der Waals surface area (Å²) >= 11 is 1.67. The van der Waals surface area contributed by atoms with Crippen molar-refractivity contribution in [1.29, 1.82) is 0 Å². The van der Waals surface area contributed by atoms with Crippen LogP contribution in [0.4, 0.5) is 0 Å². The number of benzene rings is 2. The van der Waals surface area contributed by atoms with Crippen molar-refractivity contribution in [2.45, 2.75) is 17.9 Å². The molecular formula is C17H19NO2S. The fourth-order valence-corrected chi connectivity index (χ4v) is 2.67. The van der Waals surface area contributed by atoms with Gasteiger partial charge < -0.3 is 10.1 Å². The topological polar surface area (TPSA) is 38.3 Å². The fraction of sp³-hybridized carbons (Fsp3) is 0.235. The van der Waals surface area contributed by atoms with Crippen molar-refractivity contribution in [1.82, 2.24) is 5.32 Å². The predicted molar refractivity (Wildman–Crippen MR) is 86.6 cm³/mol. The number of ether oxygens (including phenoxy) is 1. The molecule has 0 fully saturated rings. The van der Waals surface area contributed by atoms with Gasteiger partial charge in [0.1, 0.15) is 5.75 Å². The minimum atomic E-state index is 0.0832. The third-order valence-corrected chi connectivity index (χ3v) is 4.00. The molecular weight excluding hydrogens is 282 g/mol. The van der Waals surface area contributed by atoms with E-state index in [0.717, 1.165) is 22.0 Å². The van der Waals surface area contributed by atoms with Crippen molar-refractivity contribution < 1.29 is 9.53 Å². The Labute approximate surface area is 129 Å². The molecule has 4 heteroatoms. The zero-order valence-electron chi connectivity index (χ0n) is 12.0. The lowest BCUT2D eigenvalue weighted by Gasteiger charge is -2.06. The molecule has 1 N–H and O–H groups in total. The number of carbonyl (C=O) groups is 1. The van der Waals surface area contributed by atoms with Crippen LogP contribution in [-0.2, 0) is 11.3 Å². The number of hydrogen-bond donors (Lipinski definition) is 1. The molecule has 0 aromatic heterocycles. The first-order valence-electron chi connectivity index (χ1n) is 6.85. The molecule has 2 aromatic carbocycles. The van der Waals surface area contributed by atoms with Crippen molar-refractivity contribution in [3.8, 4) is 5.75 Å². The van der Waals surface area contributed by atoms with E-state index < -0.39 is 0 Å². The first-order chi connectivity index (χ1) is 10.3. The molecule has 0 saturated carbocycles. The summed E-state index contributed by atoms with van der Waals surface area (Å²) in [6.45, 7) is 0.590. The van der Waals surface area contributed by atoms with Gasteiger partial charge in [-0.2, -0.15) is 0 Å². The van der Waals surface area contributed by atoms with Crippen molar-refractivity contribution in [2.24, 2.45) is 0 Å². The minimum absolute atomic E-state index is 0.0832. The van der Waals surface area contributed by atoms with Gasteiger partial charge in [-0.1, -0.05) is 30.3 Å². The van der Waals surface area contributed by atoms with E-state index in [1.807, 2.05) is 54.6 Å². The van der Waals surface area contributed by atoms with Crippen LogP contribution in [0.1, 0.15) is 12.0 Å². The molecule has 2 rings (SSSR count). The Morgan fingerprint density at radius 2 is 1.81 bits per heavy atom. The third-order valence-electron chi connectivity index (χ3n) is 2.99. The van der Waals surface area contributed by atoms with Gasteiger partial charge in [0.05, 0.1) is 7.11 Å². The Bertz CT molecular complexity index is 555. The maximum atomic E-state index is 11.8. The summed E-state index contributed by atoms with van der Waals surface area (Å²) in [4.78, 5) is 12.9. The van der Waals surface area contributed by atoms with E-state index in [4.69, 9.17) is 4.74 Å². The molecule has 0 saturated heterocycles. The number of thioether (sulfide) groups is 1. The Hall–Kier alpha value is -1.94. The molecule has 0 radical (unpaired) electrons. The van der Waals surface area contributed by atoms with Crippen molar-refractivity contribution in [3.05, 3.63) is 60.2 Å². The average molecular weight is 301 g/mol. The number of amides is 1. The summed E-state index contributed by atoms with van der Waals surface area (Å²) in [5.74, 6) is 1.70. The van der Waals surface area contributed by atoms with Gasteiger partial charge in [0.15, 0.2) is 0 Å². The van der Waals surface area contributed by atoms with Crippen molar-refractivity contribution in [2.75, 3.05) is 12.9 Å². The van der Waals surface area contributed by atoms with Crippen LogP contribution in [-0.4, -0.2) is 18.8 Å². The second kappa shape index (κ2) is 8.37. The average Bonchev–Trinajstić information content (AvgIpc) is 2.54. The lowest BCUT2D eigenvalue weighted by Crippen LogP contribution is -2.22. The van der Waals surface area contributed by atoms with E-state index in [1.165, 1.54) is 0 Å². The fourth-order valence-electron chi connectivity index (χ4n) is 1.82. The number of hydrogen-bond acceptors (Lipinski definition) is 3. The Morgan fingerprint density at radius 1 is 1.10 bits per heavy atom. The van der Waals surface area contributed by atoms with Gasteiger partial charge in [-0.05, 0) is 29.8 Å². The smallest absolute Gasteiger partial charge is 0.221 e. The second-order valence-corrected chi connectivity index (χ2v) is 5.70. The molecule has 0 aliphatic rings. The van der Waals surface area contributed by atoms with Gasteiger partial charge in [0.25, 0.3) is 0 Å². The molecule has 3 nitrogen and oxygen atoms in total. The molecule has 0 spiro atoms. The molecule has 1 amide bonds. The summed E-state index contributed by atoms with van der Waals surface area (Å²) < 4.78 is 5.11. The highest BCUT2D eigenvalue weighted by molar-refractivity contribution is 7.99. The Kier molecular flexibility index (Phi) is 6.16. The van der Waals surface area contributed by atoms with E-state index in [9.17, 15) is 4.79 Å². The van der Waals surface area contributed by atoms with Crippen molar-refractivity contribution in [3.63, 3.8) is 0 Å². The van der Waals surface area contributed by atoms with Gasteiger partial charge >= 0.3 is 0 Å². The van der Waals surface area contributed by atoms with Gasteiger partial charge in [-0.3, -0.25) is 4.79 Å². The van der Waals surface area contributed by atoms with E-state index in [2.05, 4.69) is 5.32 Å². The van der Waals surface area contributed by atoms with Crippen LogP contribution in [0.5, 0.6) is 5.75 Å². The SMILES string of the molecule is COc1ccc(SCCC(=O)NCc2ccccc2)cc1. The van der Waals surface area contributed by atoms with Crippen LogP contribution >= 0.6 is 11.8 Å². The summed E-state index contributed by atoms with van der Waals surface area (Å²) in [7, 11) is 1.65. The maximum absolute atomic E-state index is 11.8. The number of rotatable bonds is 7. The third kappa shape index (κ3) is 5.52. The van der Waals surface area contributed by atoms with Crippen LogP contribution in [0.25, 0.3) is 0 Å². The largest absolute Gasteiger partial charge is 0.497 e. The van der Waals surface area contributed by atoms with E-state index in [1.54, 1.807) is 18.9 Å². The lowest BCUT2D eigenvalue weighted by atomic mass is 10.2. The Morgan fingerprint density at radius 3 is 2.48 bits per heavy atom. The molecule has 0 heterocycles. The first kappa shape index (κ1) is 15.4. The summed E-state index contributed by atoms with van der Waals surface area (Å²) in [5.41, 5.74) is 1.12. The summed E-state index contributed by atoms with van der Waals surface area (Å²) in [5, 5.41) is 2.93. The molecule has 0 aliphatic carbocycles. The van der Waals surface area contributed by atoms with E-state index >= 15 is 0 Å². The normalized spacial score (nSPS) is 10.1. The highest BCUT2D eigenvalue weighted by Gasteiger charge is 2.02. The zero-order chi connectivity index (χ0) is 14.9. The van der Waals surface area contributed by atoms with E-state index in [0.29, 0.717) is 13.0 Å². The lowest BCUT2D eigenvalue weighted by molar-refractivity contribution is -0.120. The van der Waals surface area contributed by atoms with Gasteiger partial charge in [0.2, 0.25) is 5.91 Å². The molecule has 21 heavy (non-hydrogen) atoms. The number of nitrogens with one attached hydrogen (secondary N) is 1. The van der Waals surface area contributed by atoms with E-state index in [-0.39, 0.29) is 5.91 Å². The van der Waals surface area contributed by atoms with Crippen LogP contribution < -0.4 is 10.1 Å². The van der Waals surface area contributed by atoms with Crippen LogP contribution in [0.3, 0.4) is 0 Å². The van der Waals surface area contributed by atoms with Crippen LogP contribution in [0, 0.1) is 0 Å². The predicted octanol–water partition coefficient (Wildman–Crippen LogP) is 3.49. The monoisotopic (exact) mass is 301 g/mol. The molecule has 110 valence electrons. The van der Waals surface area contributed by atoms with Crippen LogP contribution in [0.2, 0.25) is 0 Å². The summed E-state index contributed by atoms with van der Waals surface area (Å²) in [6, 6.07) is 17.8. The highest BCUT2D eigenvalue weighted by atomic mass is 32.2. The summed E-state index contributed by atoms with van der Waals surface area (Å²) in [6.07, 6.45) is 0.517. The second-order valence-electron chi connectivity index (χ2n) is 4.54. The minimum Gasteiger partial charge on any atom is -0.497 e. The number of carbonyl (C=O) groups excluding carboxylic acids is 1. The van der Waals surface area contributed by atoms with Gasteiger partial charge in [0, 0.05) is 23.6 Å². The van der Waals surface area contributed by atoms with Crippen molar-refractivity contribution >= 4 is 17.7 Å². The zero-order valence-corrected chi connectivity index (χ0v) is 12.9. The molecule has 2 aromatic rings. The molecule has 0 unspecified atom stereocenters. The van der Waals surface area contributed by atoms with Gasteiger partial charge in [-0.15, -0.1) is 11.8 Å². The molecule has 0 bridgehead atoms. The Balaban J connectivity index is 1.66. The quantitative estimate of drug-likeness (QED) is 0.796. The highest BCUT2D eigenvalue weighted by Crippen LogP contribution is 2.21.